The molecule has 190 valence electrons. The molecule has 0 saturated carbocycles. The summed E-state index contributed by atoms with van der Waals surface area (Å²) < 4.78 is 6.66. The maximum absolute atomic E-state index is 13.1. The quantitative estimate of drug-likeness (QED) is 0.191. The topological polar surface area (TPSA) is 42.1 Å². The number of pyridine rings is 1. The van der Waals surface area contributed by atoms with Crippen LogP contribution in [0.3, 0.4) is 0 Å². The molecule has 1 N–H and O–H groups in total. The summed E-state index contributed by atoms with van der Waals surface area (Å²) in [4.78, 5) is 16.3. The minimum absolute atomic E-state index is 0.0427. The first-order chi connectivity index (χ1) is 17.5. The Hall–Kier alpha value is -3.21. The standard InChI is InChI=1S/C33H37NO2Si/c1-21-15-17-27(25-13-10-11-23(20-25)19-22(2)36-37(6,7)33(3,4)5)30-29-26-14-9-8-12-24(26)16-18-28(29)32(35)34-31(21)30/h8-18,20,22H,19H2,1-7H3,(H,34,35)/t22-/m0/s1. The van der Waals surface area contributed by atoms with Crippen molar-refractivity contribution in [2.45, 2.75) is 65.3 Å². The van der Waals surface area contributed by atoms with E-state index in [4.69, 9.17) is 4.43 Å². The van der Waals surface area contributed by atoms with Crippen molar-refractivity contribution < 1.29 is 4.43 Å². The maximum Gasteiger partial charge on any atom is 0.256 e. The molecule has 1 atom stereocenters. The molecule has 0 amide bonds. The fraction of sp³-hybridized carbons (Fsp3) is 0.303. The Kier molecular flexibility index (Phi) is 6.37. The minimum atomic E-state index is -1.84. The molecule has 1 aromatic heterocycles. The highest BCUT2D eigenvalue weighted by Crippen LogP contribution is 2.39. The molecule has 0 radical (unpaired) electrons. The molecular weight excluding hydrogens is 470 g/mol. The Morgan fingerprint density at radius 3 is 2.41 bits per heavy atom. The first-order valence-corrected chi connectivity index (χ1v) is 16.1. The highest BCUT2D eigenvalue weighted by atomic mass is 28.4. The van der Waals surface area contributed by atoms with Crippen molar-refractivity contribution in [3.63, 3.8) is 0 Å². The number of fused-ring (bicyclic) bond motifs is 5. The van der Waals surface area contributed by atoms with E-state index in [1.54, 1.807) is 0 Å². The minimum Gasteiger partial charge on any atom is -0.414 e. The number of aryl methyl sites for hydroxylation is 1. The van der Waals surface area contributed by atoms with Gasteiger partial charge in [-0.25, -0.2) is 0 Å². The summed E-state index contributed by atoms with van der Waals surface area (Å²) in [6.07, 6.45) is 1.01. The Bertz CT molecular complexity index is 1690. The van der Waals surface area contributed by atoms with Crippen LogP contribution in [-0.2, 0) is 10.8 Å². The molecule has 0 aliphatic rings. The van der Waals surface area contributed by atoms with Crippen LogP contribution in [0, 0.1) is 6.92 Å². The molecular formula is C33H37NO2Si. The zero-order valence-corrected chi connectivity index (χ0v) is 24.0. The molecule has 4 aromatic carbocycles. The third-order valence-corrected chi connectivity index (χ3v) is 12.7. The smallest absolute Gasteiger partial charge is 0.256 e. The van der Waals surface area contributed by atoms with E-state index in [9.17, 15) is 4.79 Å². The second-order valence-corrected chi connectivity index (χ2v) is 16.7. The summed E-state index contributed by atoms with van der Waals surface area (Å²) in [6.45, 7) is 15.7. The van der Waals surface area contributed by atoms with Gasteiger partial charge in [-0.05, 0) is 77.5 Å². The predicted molar refractivity (Wildman–Crippen MR) is 161 cm³/mol. The fourth-order valence-corrected chi connectivity index (χ4v) is 6.64. The molecule has 0 bridgehead atoms. The summed E-state index contributed by atoms with van der Waals surface area (Å²) >= 11 is 0. The third kappa shape index (κ3) is 4.65. The fourth-order valence-electron chi connectivity index (χ4n) is 5.20. The van der Waals surface area contributed by atoms with Gasteiger partial charge in [-0.3, -0.25) is 4.79 Å². The lowest BCUT2D eigenvalue weighted by molar-refractivity contribution is 0.199. The van der Waals surface area contributed by atoms with Gasteiger partial charge in [-0.2, -0.15) is 0 Å². The van der Waals surface area contributed by atoms with Crippen LogP contribution in [0.4, 0.5) is 0 Å². The molecule has 1 heterocycles. The van der Waals surface area contributed by atoms with Crippen LogP contribution in [0.2, 0.25) is 18.1 Å². The van der Waals surface area contributed by atoms with E-state index >= 15 is 0 Å². The Morgan fingerprint density at radius 2 is 1.65 bits per heavy atom. The van der Waals surface area contributed by atoms with Crippen LogP contribution >= 0.6 is 0 Å². The number of aromatic nitrogens is 1. The van der Waals surface area contributed by atoms with Gasteiger partial charge in [0.2, 0.25) is 0 Å². The van der Waals surface area contributed by atoms with Crippen LogP contribution in [0.15, 0.2) is 77.6 Å². The van der Waals surface area contributed by atoms with Crippen molar-refractivity contribution in [2.75, 3.05) is 0 Å². The maximum atomic E-state index is 13.1. The zero-order valence-electron chi connectivity index (χ0n) is 23.0. The van der Waals surface area contributed by atoms with E-state index in [1.807, 2.05) is 18.2 Å². The molecule has 3 nitrogen and oxygen atoms in total. The Morgan fingerprint density at radius 1 is 0.892 bits per heavy atom. The highest BCUT2D eigenvalue weighted by molar-refractivity contribution is 6.74. The van der Waals surface area contributed by atoms with Gasteiger partial charge < -0.3 is 9.41 Å². The lowest BCUT2D eigenvalue weighted by Crippen LogP contribution is -2.43. The second kappa shape index (κ2) is 9.27. The number of hydrogen-bond acceptors (Lipinski definition) is 2. The van der Waals surface area contributed by atoms with Gasteiger partial charge in [0.15, 0.2) is 8.32 Å². The van der Waals surface area contributed by atoms with Crippen molar-refractivity contribution in [3.05, 3.63) is 94.3 Å². The van der Waals surface area contributed by atoms with Crippen LogP contribution < -0.4 is 5.56 Å². The van der Waals surface area contributed by atoms with E-state index in [2.05, 4.69) is 107 Å². The summed E-state index contributed by atoms with van der Waals surface area (Å²) in [6, 6.07) is 25.4. The van der Waals surface area contributed by atoms with Crippen molar-refractivity contribution >= 4 is 40.8 Å². The zero-order chi connectivity index (χ0) is 26.5. The van der Waals surface area contributed by atoms with Gasteiger partial charge in [0.25, 0.3) is 5.56 Å². The molecule has 5 rings (SSSR count). The molecule has 0 unspecified atom stereocenters. The normalized spacial score (nSPS) is 13.5. The number of nitrogens with one attached hydrogen (secondary N) is 1. The molecule has 0 saturated heterocycles. The average molecular weight is 508 g/mol. The van der Waals surface area contributed by atoms with Crippen LogP contribution in [-0.4, -0.2) is 19.4 Å². The largest absolute Gasteiger partial charge is 0.414 e. The van der Waals surface area contributed by atoms with Crippen molar-refractivity contribution in [1.82, 2.24) is 4.98 Å². The number of H-pyrrole nitrogens is 1. The van der Waals surface area contributed by atoms with Gasteiger partial charge in [-0.1, -0.05) is 87.5 Å². The predicted octanol–water partition coefficient (Wildman–Crippen LogP) is 8.76. The van der Waals surface area contributed by atoms with E-state index < -0.39 is 8.32 Å². The summed E-state index contributed by atoms with van der Waals surface area (Å²) in [5, 5.41) is 5.29. The monoisotopic (exact) mass is 507 g/mol. The van der Waals surface area contributed by atoms with Gasteiger partial charge in [0, 0.05) is 22.3 Å². The van der Waals surface area contributed by atoms with E-state index in [0.29, 0.717) is 0 Å². The summed E-state index contributed by atoms with van der Waals surface area (Å²) in [7, 11) is -1.84. The second-order valence-electron chi connectivity index (χ2n) is 11.9. The molecule has 0 spiro atoms. The molecule has 0 aliphatic heterocycles. The number of hydrogen-bond donors (Lipinski definition) is 1. The SMILES string of the molecule is Cc1ccc(-c2cccc(C[C@H](C)O[Si](C)(C)C(C)(C)C)c2)c2c1[nH]c(=O)c1ccc3ccccc3c12. The molecule has 0 fully saturated rings. The summed E-state index contributed by atoms with van der Waals surface area (Å²) in [5.74, 6) is 0. The van der Waals surface area contributed by atoms with Crippen molar-refractivity contribution in [1.29, 1.82) is 0 Å². The van der Waals surface area contributed by atoms with Crippen molar-refractivity contribution in [3.8, 4) is 11.1 Å². The van der Waals surface area contributed by atoms with Crippen LogP contribution in [0.1, 0.15) is 38.8 Å². The summed E-state index contributed by atoms with van der Waals surface area (Å²) in [5.41, 5.74) is 5.49. The van der Waals surface area contributed by atoms with Crippen molar-refractivity contribution in [2.24, 2.45) is 0 Å². The van der Waals surface area contributed by atoms with Gasteiger partial charge >= 0.3 is 0 Å². The number of benzene rings is 4. The van der Waals surface area contributed by atoms with E-state index in [0.717, 1.165) is 55.6 Å². The molecule has 4 heteroatoms. The molecule has 0 aliphatic carbocycles. The first kappa shape index (κ1) is 25.4. The average Bonchev–Trinajstić information content (AvgIpc) is 2.83. The van der Waals surface area contributed by atoms with Crippen LogP contribution in [0.25, 0.3) is 43.6 Å². The number of aromatic amines is 1. The van der Waals surface area contributed by atoms with Gasteiger partial charge in [-0.15, -0.1) is 0 Å². The third-order valence-electron chi connectivity index (χ3n) is 8.14. The van der Waals surface area contributed by atoms with Gasteiger partial charge in [0.1, 0.15) is 0 Å². The van der Waals surface area contributed by atoms with Gasteiger partial charge in [0.05, 0.1) is 5.52 Å². The lowest BCUT2D eigenvalue weighted by atomic mass is 9.91. The lowest BCUT2D eigenvalue weighted by Gasteiger charge is -2.38. The molecule has 37 heavy (non-hydrogen) atoms. The highest BCUT2D eigenvalue weighted by Gasteiger charge is 2.38. The molecule has 5 aromatic rings. The number of rotatable bonds is 5. The first-order valence-electron chi connectivity index (χ1n) is 13.2. The van der Waals surface area contributed by atoms with E-state index in [1.165, 1.54) is 5.56 Å². The van der Waals surface area contributed by atoms with Crippen LogP contribution in [0.5, 0.6) is 0 Å². The van der Waals surface area contributed by atoms with E-state index in [-0.39, 0.29) is 16.7 Å². The Labute approximate surface area is 220 Å². The Balaban J connectivity index is 1.66.